The van der Waals surface area contributed by atoms with E-state index < -0.39 is 129 Å². The fourth-order valence-corrected chi connectivity index (χ4v) is 9.86. The lowest BCUT2D eigenvalue weighted by molar-refractivity contribution is -0.163. The van der Waals surface area contributed by atoms with Gasteiger partial charge in [-0.3, -0.25) is 28.5 Å². The van der Waals surface area contributed by atoms with Crippen LogP contribution in [-0.2, 0) is 56.1 Å². The van der Waals surface area contributed by atoms with Crippen molar-refractivity contribution in [1.82, 2.24) is 35.2 Å². The van der Waals surface area contributed by atoms with Crippen molar-refractivity contribution in [2.24, 2.45) is 13.0 Å². The first kappa shape index (κ1) is 48.0. The summed E-state index contributed by atoms with van der Waals surface area (Å²) in [6, 6.07) is -0.0693. The monoisotopic (exact) mass is 942 g/mol. The molecule has 0 aliphatic carbocycles. The highest BCUT2D eigenvalue weighted by molar-refractivity contribution is 7.46. The second-order valence-electron chi connectivity index (χ2n) is 17.5. The first-order valence-electron chi connectivity index (χ1n) is 21.7. The number of aromatic nitrogens is 1. The number of anilines is 1. The molecule has 0 unspecified atom stereocenters. The molecule has 356 valence electrons. The second kappa shape index (κ2) is 19.5. The molecule has 4 fully saturated rings. The highest BCUT2D eigenvalue weighted by Crippen LogP contribution is 2.41. The summed E-state index contributed by atoms with van der Waals surface area (Å²) < 4.78 is 53.8. The predicted molar refractivity (Wildman–Crippen MR) is 230 cm³/mol. The number of urea groups is 1. The molecule has 6 N–H and O–H groups in total. The van der Waals surface area contributed by atoms with Gasteiger partial charge in [-0.2, -0.15) is 0 Å². The van der Waals surface area contributed by atoms with Crippen LogP contribution in [0.15, 0.2) is 48.7 Å². The number of carbonyl (C=O) groups is 7. The number of piperidine rings is 1. The number of fused-ring (bicyclic) bond motifs is 4. The number of nitrogens with one attached hydrogen (secondary N) is 4. The van der Waals surface area contributed by atoms with E-state index in [-0.39, 0.29) is 37.4 Å². The lowest BCUT2D eigenvalue weighted by Gasteiger charge is -2.39. The van der Waals surface area contributed by atoms with Crippen LogP contribution in [0.1, 0.15) is 58.4 Å². The van der Waals surface area contributed by atoms with Gasteiger partial charge in [0.25, 0.3) is 0 Å². The maximum Gasteiger partial charge on any atom is 0.469 e. The van der Waals surface area contributed by atoms with Crippen LogP contribution in [0.2, 0.25) is 0 Å². The molecule has 3 aromatic rings. The fourth-order valence-electron chi connectivity index (χ4n) is 9.32. The Hall–Kier alpha value is -5.96. The van der Waals surface area contributed by atoms with Crippen molar-refractivity contribution in [2.75, 3.05) is 25.0 Å². The van der Waals surface area contributed by atoms with Crippen molar-refractivity contribution in [1.29, 1.82) is 0 Å². The van der Waals surface area contributed by atoms with Crippen LogP contribution in [0.5, 0.6) is 0 Å². The van der Waals surface area contributed by atoms with Gasteiger partial charge in [0.1, 0.15) is 54.0 Å². The number of amides is 7. The van der Waals surface area contributed by atoms with E-state index >= 15 is 4.79 Å². The smallest absolute Gasteiger partial charge is 0.458 e. The Balaban J connectivity index is 1.25. The van der Waals surface area contributed by atoms with E-state index in [1.807, 2.05) is 16.8 Å². The summed E-state index contributed by atoms with van der Waals surface area (Å²) in [6.45, 7) is 4.09. The Bertz CT molecular complexity index is 2450. The van der Waals surface area contributed by atoms with Crippen LogP contribution < -0.4 is 21.3 Å². The number of hydrogen-bond donors (Lipinski definition) is 6. The summed E-state index contributed by atoms with van der Waals surface area (Å²) in [5.74, 6) is -7.37. The molecule has 23 heteroatoms. The Morgan fingerprint density at radius 1 is 0.894 bits per heavy atom. The van der Waals surface area contributed by atoms with Gasteiger partial charge in [0.2, 0.25) is 29.5 Å². The number of hydrogen-bond acceptors (Lipinski definition) is 10. The van der Waals surface area contributed by atoms with Gasteiger partial charge >= 0.3 is 19.8 Å². The van der Waals surface area contributed by atoms with Gasteiger partial charge in [0, 0.05) is 63.0 Å². The third-order valence-corrected chi connectivity index (χ3v) is 13.0. The van der Waals surface area contributed by atoms with E-state index in [0.717, 1.165) is 27.9 Å². The average Bonchev–Trinajstić information content (AvgIpc) is 3.96. The molecular formula is C43H53F2N8O12P. The van der Waals surface area contributed by atoms with Gasteiger partial charge in [-0.25, -0.2) is 22.9 Å². The highest BCUT2D eigenvalue weighted by atomic mass is 31.2. The molecule has 0 radical (unpaired) electrons. The van der Waals surface area contributed by atoms with Crippen LogP contribution in [-0.4, -0.2) is 139 Å². The zero-order chi connectivity index (χ0) is 47.8. The Morgan fingerprint density at radius 2 is 1.61 bits per heavy atom. The van der Waals surface area contributed by atoms with Crippen LogP contribution >= 0.6 is 7.82 Å². The minimum atomic E-state index is -5.22. The molecule has 20 nitrogen and oxygen atoms in total. The summed E-state index contributed by atoms with van der Waals surface area (Å²) in [4.78, 5) is 123. The average molecular weight is 943 g/mol. The van der Waals surface area contributed by atoms with Gasteiger partial charge in [-0.1, -0.05) is 13.0 Å². The summed E-state index contributed by atoms with van der Waals surface area (Å²) in [6.07, 6.45) is -0.870. The first-order valence-corrected chi connectivity index (χ1v) is 23.2. The zero-order valence-corrected chi connectivity index (χ0v) is 37.5. The maximum absolute atomic E-state index is 15.0. The molecule has 0 saturated carbocycles. The van der Waals surface area contributed by atoms with Gasteiger partial charge in [-0.15, -0.1) is 0 Å². The summed E-state index contributed by atoms with van der Waals surface area (Å²) in [7, 11) is -3.41. The predicted octanol–water partition coefficient (Wildman–Crippen LogP) is 1.82. The summed E-state index contributed by atoms with van der Waals surface area (Å²) in [5.41, 5.74) is 1.01. The molecule has 5 heterocycles. The van der Waals surface area contributed by atoms with Crippen molar-refractivity contribution in [2.45, 2.75) is 108 Å². The molecule has 7 rings (SSSR count). The number of phosphoric ester groups is 1. The number of carbonyl (C=O) groups excluding carboxylic acids is 7. The number of esters is 1. The maximum atomic E-state index is 15.0. The first-order chi connectivity index (χ1) is 31.1. The van der Waals surface area contributed by atoms with Crippen LogP contribution in [0.4, 0.5) is 19.3 Å². The largest absolute Gasteiger partial charge is 0.469 e. The molecule has 1 aromatic heterocycles. The van der Waals surface area contributed by atoms with Crippen LogP contribution in [0, 0.1) is 17.6 Å². The second-order valence-corrected chi connectivity index (χ2v) is 18.7. The lowest BCUT2D eigenvalue weighted by Crippen LogP contribution is -2.63. The number of nitrogens with zero attached hydrogens (tertiary/aromatic N) is 4. The molecule has 4 saturated heterocycles. The number of benzene rings is 2. The van der Waals surface area contributed by atoms with Gasteiger partial charge in [0.05, 0.1) is 6.10 Å². The van der Waals surface area contributed by atoms with E-state index in [1.165, 1.54) is 23.6 Å². The fraction of sp³-hybridized carbons (Fsp3) is 0.512. The van der Waals surface area contributed by atoms with Crippen molar-refractivity contribution in [3.63, 3.8) is 0 Å². The third-order valence-electron chi connectivity index (χ3n) is 12.5. The van der Waals surface area contributed by atoms with E-state index in [9.17, 15) is 51.9 Å². The van der Waals surface area contributed by atoms with E-state index in [2.05, 4.69) is 21.3 Å². The molecular weight excluding hydrogens is 889 g/mol. The Morgan fingerprint density at radius 3 is 2.32 bits per heavy atom. The molecule has 66 heavy (non-hydrogen) atoms. The number of aryl methyl sites for hydroxylation is 1. The van der Waals surface area contributed by atoms with Crippen molar-refractivity contribution in [3.05, 3.63) is 65.9 Å². The summed E-state index contributed by atoms with van der Waals surface area (Å²) in [5, 5.41) is 11.2. The SMILES string of the molecule is C[C@@H]1C[C@H]2C(=O)O[C@@H](C)[C@H](NC(=O)[C@H](Cc3cc(F)cc(F)c3)NC(=O)Nc3ccc4ccn(C)c4c3)C(=O)N3C[C@H](OP(=O)(O)O)C[C@H]3C(=O)N3CCCC[C@H]3C(=O)N[C@@H](C)C(=O)N2C1. The van der Waals surface area contributed by atoms with Gasteiger partial charge < -0.3 is 55.1 Å². The minimum absolute atomic E-state index is 0.0524. The van der Waals surface area contributed by atoms with Crippen molar-refractivity contribution in [3.8, 4) is 0 Å². The Kier molecular flexibility index (Phi) is 14.2. The molecule has 0 spiro atoms. The number of halogens is 2. The van der Waals surface area contributed by atoms with Crippen LogP contribution in [0.25, 0.3) is 10.9 Å². The normalized spacial score (nSPS) is 27.2. The van der Waals surface area contributed by atoms with E-state index in [0.29, 0.717) is 24.6 Å². The number of ether oxygens (including phenoxy) is 1. The molecule has 2 aromatic carbocycles. The van der Waals surface area contributed by atoms with Gasteiger partial charge in [-0.05, 0) is 86.7 Å². The standard InChI is InChI=1S/C43H53F2N8O12P/c1-22-13-35-42(59)64-24(3)36(49-37(54)31(16-25-14-27(44)17-28(45)15-25)48-43(60)47-29-9-8-26-10-12-50(4)33(26)18-29)41(58)53-21-30(65-66(61,62)63)19-34(53)40(57)51-11-6-5-7-32(51)38(55)46-23(2)39(56)52(35)20-22/h8-10,12,14-15,17-18,22-24,30-32,34-36H,5-7,11,13,16,19-21H2,1-4H3,(H,46,55)(H,49,54)(H2,47,48,60)(H2,61,62,63)/t22-,23+,24+,30-,31+,32+,34+,35+,36+/m1/s1. The molecule has 4 aliphatic heterocycles. The van der Waals surface area contributed by atoms with Crippen molar-refractivity contribution < 1.29 is 66.0 Å². The summed E-state index contributed by atoms with van der Waals surface area (Å²) >= 11 is 0. The number of cyclic esters (lactones) is 1. The molecule has 4 aliphatic rings. The van der Waals surface area contributed by atoms with E-state index in [1.54, 1.807) is 32.2 Å². The molecule has 7 amide bonds. The van der Waals surface area contributed by atoms with Crippen LogP contribution in [0.3, 0.4) is 0 Å². The Labute approximate surface area is 377 Å². The number of rotatable bonds is 8. The zero-order valence-electron chi connectivity index (χ0n) is 36.6. The molecule has 0 bridgehead atoms. The van der Waals surface area contributed by atoms with Crippen molar-refractivity contribution >= 4 is 65.9 Å². The molecule has 9 atom stereocenters. The van der Waals surface area contributed by atoms with Gasteiger partial charge in [0.15, 0.2) is 0 Å². The van der Waals surface area contributed by atoms with E-state index in [4.69, 9.17) is 9.26 Å². The quantitative estimate of drug-likeness (QED) is 0.140. The highest BCUT2D eigenvalue weighted by Gasteiger charge is 2.50. The third kappa shape index (κ3) is 10.8. The number of phosphoric acid groups is 1. The lowest BCUT2D eigenvalue weighted by atomic mass is 9.98. The topological polar surface area (TPSA) is 258 Å². The minimum Gasteiger partial charge on any atom is -0.458 e.